The Morgan fingerprint density at radius 3 is 2.50 bits per heavy atom. The molecule has 1 aromatic heterocycles. The van der Waals surface area contributed by atoms with Gasteiger partial charge in [-0.1, -0.05) is 35.9 Å². The van der Waals surface area contributed by atoms with Gasteiger partial charge in [-0.25, -0.2) is 4.79 Å². The van der Waals surface area contributed by atoms with Gasteiger partial charge in [0.05, 0.1) is 17.9 Å². The van der Waals surface area contributed by atoms with Crippen molar-refractivity contribution in [2.45, 2.75) is 13.8 Å². The van der Waals surface area contributed by atoms with Gasteiger partial charge in [-0.05, 0) is 38.1 Å². The third-order valence-corrected chi connectivity index (χ3v) is 4.11. The smallest absolute Gasteiger partial charge is 0.340 e. The summed E-state index contributed by atoms with van der Waals surface area (Å²) in [7, 11) is 0. The number of ether oxygens (including phenoxy) is 1. The predicted molar refractivity (Wildman–Crippen MR) is 95.2 cm³/mol. The van der Waals surface area contributed by atoms with Gasteiger partial charge < -0.3 is 4.74 Å². The highest BCUT2D eigenvalue weighted by Gasteiger charge is 2.20. The van der Waals surface area contributed by atoms with Gasteiger partial charge in [0, 0.05) is 21.5 Å². The molecular formula is C19H16ClNO3. The molecule has 0 radical (unpaired) electrons. The molecule has 24 heavy (non-hydrogen) atoms. The Hall–Kier alpha value is -2.59. The number of hydrogen-bond acceptors (Lipinski definition) is 3. The van der Waals surface area contributed by atoms with Crippen molar-refractivity contribution in [3.05, 3.63) is 75.2 Å². The quantitative estimate of drug-likeness (QED) is 0.673. The largest absolute Gasteiger partial charge is 0.462 e. The van der Waals surface area contributed by atoms with Gasteiger partial charge in [-0.2, -0.15) is 0 Å². The van der Waals surface area contributed by atoms with Crippen LogP contribution in [0.4, 0.5) is 0 Å². The van der Waals surface area contributed by atoms with Crippen LogP contribution in [0.25, 0.3) is 16.5 Å². The van der Waals surface area contributed by atoms with Gasteiger partial charge in [0.1, 0.15) is 0 Å². The Bertz CT molecular complexity index is 992. The SMILES string of the molecule is CCOC(=O)c1c(C)n(-c2cccc(Cl)c2)c(=O)c2ccccc12. The van der Waals surface area contributed by atoms with E-state index in [-0.39, 0.29) is 12.2 Å². The number of esters is 1. The van der Waals surface area contributed by atoms with E-state index >= 15 is 0 Å². The highest BCUT2D eigenvalue weighted by molar-refractivity contribution is 6.30. The van der Waals surface area contributed by atoms with E-state index < -0.39 is 5.97 Å². The maximum Gasteiger partial charge on any atom is 0.340 e. The van der Waals surface area contributed by atoms with Crippen molar-refractivity contribution in [3.8, 4) is 5.69 Å². The number of pyridine rings is 1. The lowest BCUT2D eigenvalue weighted by atomic mass is 10.0. The second kappa shape index (κ2) is 6.49. The minimum absolute atomic E-state index is 0.196. The molecule has 0 saturated carbocycles. The molecule has 0 saturated heterocycles. The molecule has 0 unspecified atom stereocenters. The predicted octanol–water partition coefficient (Wildman–Crippen LogP) is 4.13. The molecule has 0 aliphatic carbocycles. The van der Waals surface area contributed by atoms with Gasteiger partial charge in [0.2, 0.25) is 0 Å². The molecule has 0 aliphatic heterocycles. The van der Waals surface area contributed by atoms with Crippen molar-refractivity contribution < 1.29 is 9.53 Å². The van der Waals surface area contributed by atoms with Crippen molar-refractivity contribution in [2.24, 2.45) is 0 Å². The third-order valence-electron chi connectivity index (χ3n) is 3.87. The Morgan fingerprint density at radius 2 is 1.83 bits per heavy atom. The summed E-state index contributed by atoms with van der Waals surface area (Å²) in [6.07, 6.45) is 0. The second-order valence-electron chi connectivity index (χ2n) is 5.35. The lowest BCUT2D eigenvalue weighted by molar-refractivity contribution is 0.0527. The molecule has 0 atom stereocenters. The minimum Gasteiger partial charge on any atom is -0.462 e. The zero-order chi connectivity index (χ0) is 17.3. The second-order valence-corrected chi connectivity index (χ2v) is 5.78. The molecule has 0 aliphatic rings. The first kappa shape index (κ1) is 16.3. The first-order valence-electron chi connectivity index (χ1n) is 7.62. The van der Waals surface area contributed by atoms with Gasteiger partial charge in [-0.15, -0.1) is 0 Å². The molecule has 122 valence electrons. The van der Waals surface area contributed by atoms with Gasteiger partial charge in [0.15, 0.2) is 0 Å². The lowest BCUT2D eigenvalue weighted by Crippen LogP contribution is -2.24. The summed E-state index contributed by atoms with van der Waals surface area (Å²) in [5.74, 6) is -0.443. The van der Waals surface area contributed by atoms with E-state index in [1.54, 1.807) is 62.4 Å². The summed E-state index contributed by atoms with van der Waals surface area (Å²) in [6, 6.07) is 14.0. The maximum atomic E-state index is 13.0. The van der Waals surface area contributed by atoms with Gasteiger partial charge in [0.25, 0.3) is 5.56 Å². The van der Waals surface area contributed by atoms with Crippen molar-refractivity contribution in [1.82, 2.24) is 4.57 Å². The Labute approximate surface area is 144 Å². The van der Waals surface area contributed by atoms with Crippen LogP contribution >= 0.6 is 11.6 Å². The molecular weight excluding hydrogens is 326 g/mol. The lowest BCUT2D eigenvalue weighted by Gasteiger charge is -2.16. The molecule has 0 spiro atoms. The molecule has 3 aromatic rings. The Kier molecular flexibility index (Phi) is 4.40. The minimum atomic E-state index is -0.443. The van der Waals surface area contributed by atoms with E-state index in [9.17, 15) is 9.59 Å². The van der Waals surface area contributed by atoms with Crippen LogP contribution in [0, 0.1) is 6.92 Å². The van der Waals surface area contributed by atoms with E-state index in [1.807, 2.05) is 0 Å². The molecule has 0 fully saturated rings. The summed E-state index contributed by atoms with van der Waals surface area (Å²) in [6.45, 7) is 3.76. The van der Waals surface area contributed by atoms with Crippen LogP contribution in [0.5, 0.6) is 0 Å². The van der Waals surface area contributed by atoms with E-state index in [4.69, 9.17) is 16.3 Å². The molecule has 3 rings (SSSR count). The summed E-state index contributed by atoms with van der Waals surface area (Å²) in [5.41, 5.74) is 1.34. The average Bonchev–Trinajstić information content (AvgIpc) is 2.55. The van der Waals surface area contributed by atoms with Crippen molar-refractivity contribution in [3.63, 3.8) is 0 Å². The molecule has 4 nitrogen and oxygen atoms in total. The molecule has 0 N–H and O–H groups in total. The number of benzene rings is 2. The number of hydrogen-bond donors (Lipinski definition) is 0. The molecule has 5 heteroatoms. The summed E-state index contributed by atoms with van der Waals surface area (Å²) < 4.78 is 6.69. The Morgan fingerprint density at radius 1 is 1.12 bits per heavy atom. The number of carbonyl (C=O) groups is 1. The normalized spacial score (nSPS) is 10.8. The first-order valence-corrected chi connectivity index (χ1v) is 7.99. The third kappa shape index (κ3) is 2.69. The van der Waals surface area contributed by atoms with E-state index in [0.717, 1.165) is 0 Å². The van der Waals surface area contributed by atoms with Crippen LogP contribution in [-0.2, 0) is 4.74 Å². The first-order chi connectivity index (χ1) is 11.5. The van der Waals surface area contributed by atoms with Crippen LogP contribution in [0.2, 0.25) is 5.02 Å². The number of halogens is 1. The van der Waals surface area contributed by atoms with Gasteiger partial charge in [-0.3, -0.25) is 9.36 Å². The van der Waals surface area contributed by atoms with Crippen LogP contribution in [0.3, 0.4) is 0 Å². The number of rotatable bonds is 3. The fraction of sp³-hybridized carbons (Fsp3) is 0.158. The molecule has 1 heterocycles. The fourth-order valence-corrected chi connectivity index (χ4v) is 3.04. The monoisotopic (exact) mass is 341 g/mol. The van der Waals surface area contributed by atoms with Crippen molar-refractivity contribution in [2.75, 3.05) is 6.61 Å². The number of nitrogens with zero attached hydrogens (tertiary/aromatic N) is 1. The highest BCUT2D eigenvalue weighted by atomic mass is 35.5. The number of carbonyl (C=O) groups excluding carboxylic acids is 1. The summed E-state index contributed by atoms with van der Waals surface area (Å²) in [4.78, 5) is 25.4. The Balaban J connectivity index is 2.43. The summed E-state index contributed by atoms with van der Waals surface area (Å²) >= 11 is 6.06. The van der Waals surface area contributed by atoms with E-state index in [2.05, 4.69) is 0 Å². The van der Waals surface area contributed by atoms with E-state index in [1.165, 1.54) is 4.57 Å². The molecule has 0 bridgehead atoms. The van der Waals surface area contributed by atoms with Crippen molar-refractivity contribution >= 4 is 28.3 Å². The number of fused-ring (bicyclic) bond motifs is 1. The molecule has 2 aromatic carbocycles. The topological polar surface area (TPSA) is 48.3 Å². The van der Waals surface area contributed by atoms with Crippen LogP contribution < -0.4 is 5.56 Å². The van der Waals surface area contributed by atoms with Crippen LogP contribution in [-0.4, -0.2) is 17.1 Å². The molecule has 0 amide bonds. The van der Waals surface area contributed by atoms with Crippen molar-refractivity contribution in [1.29, 1.82) is 0 Å². The van der Waals surface area contributed by atoms with E-state index in [0.29, 0.717) is 32.7 Å². The van der Waals surface area contributed by atoms with Crippen LogP contribution in [0.15, 0.2) is 53.3 Å². The number of aromatic nitrogens is 1. The standard InChI is InChI=1S/C19H16ClNO3/c1-3-24-19(23)17-12(2)21(14-8-6-7-13(20)11-14)18(22)16-10-5-4-9-15(16)17/h4-11H,3H2,1-2H3. The average molecular weight is 342 g/mol. The maximum absolute atomic E-state index is 13.0. The van der Waals surface area contributed by atoms with Crippen LogP contribution in [0.1, 0.15) is 23.0 Å². The zero-order valence-corrected chi connectivity index (χ0v) is 14.1. The summed E-state index contributed by atoms with van der Waals surface area (Å²) in [5, 5.41) is 1.58. The fourth-order valence-electron chi connectivity index (χ4n) is 2.85. The zero-order valence-electron chi connectivity index (χ0n) is 13.4. The van der Waals surface area contributed by atoms with Gasteiger partial charge >= 0.3 is 5.97 Å². The highest BCUT2D eigenvalue weighted by Crippen LogP contribution is 2.23.